The molecule has 4 rings (SSSR count). The van der Waals surface area contributed by atoms with Crippen molar-refractivity contribution >= 4 is 23.6 Å². The molecular weight excluding hydrogens is 426 g/mol. The van der Waals surface area contributed by atoms with Gasteiger partial charge in [-0.2, -0.15) is 0 Å². The molecule has 0 unspecified atom stereocenters. The fraction of sp³-hybridized carbons (Fsp3) is 0.154. The number of likely N-dealkylation sites (tertiary alicyclic amines) is 1. The number of ether oxygens (including phenoxy) is 1. The van der Waals surface area contributed by atoms with Gasteiger partial charge in [-0.25, -0.2) is 8.78 Å². The lowest BCUT2D eigenvalue weighted by Crippen LogP contribution is -2.33. The van der Waals surface area contributed by atoms with Crippen LogP contribution in [-0.4, -0.2) is 30.3 Å². The van der Waals surface area contributed by atoms with Gasteiger partial charge in [0, 0.05) is 19.5 Å². The molecule has 0 aromatic heterocycles. The second-order valence-electron chi connectivity index (χ2n) is 7.85. The molecule has 168 valence electrons. The Balaban J connectivity index is 1.66. The first kappa shape index (κ1) is 22.2. The zero-order chi connectivity index (χ0) is 23.5. The Hall–Kier alpha value is -4.00. The lowest BCUT2D eigenvalue weighted by atomic mass is 9.87. The van der Waals surface area contributed by atoms with Crippen LogP contribution in [0.2, 0.25) is 0 Å². The largest absolute Gasteiger partial charge is 0.457 e. The van der Waals surface area contributed by atoms with Crippen molar-refractivity contribution in [3.8, 4) is 11.5 Å². The van der Waals surface area contributed by atoms with Crippen LogP contribution < -0.4 is 10.1 Å². The number of rotatable bonds is 6. The number of amides is 2. The topological polar surface area (TPSA) is 58.6 Å². The summed E-state index contributed by atoms with van der Waals surface area (Å²) in [7, 11) is 1.60. The van der Waals surface area contributed by atoms with Crippen molar-refractivity contribution in [3.05, 3.63) is 96.1 Å². The predicted octanol–water partition coefficient (Wildman–Crippen LogP) is 5.21. The number of likely N-dealkylation sites (N-methyl/N-ethyl adjacent to an activating group) is 1. The number of para-hydroxylation sites is 1. The summed E-state index contributed by atoms with van der Waals surface area (Å²) in [5.74, 6) is -3.81. The van der Waals surface area contributed by atoms with Gasteiger partial charge in [-0.05, 0) is 47.5 Å². The Kier molecular flexibility index (Phi) is 6.22. The van der Waals surface area contributed by atoms with Crippen molar-refractivity contribution in [2.45, 2.75) is 5.92 Å². The Morgan fingerprint density at radius 1 is 1.09 bits per heavy atom. The Morgan fingerprint density at radius 3 is 2.58 bits per heavy atom. The summed E-state index contributed by atoms with van der Waals surface area (Å²) in [5.41, 5.74) is 1.15. The van der Waals surface area contributed by atoms with E-state index in [0.717, 1.165) is 11.6 Å². The van der Waals surface area contributed by atoms with Crippen LogP contribution in [0.25, 0.3) is 6.08 Å². The van der Waals surface area contributed by atoms with Crippen LogP contribution in [0.15, 0.2) is 73.3 Å². The van der Waals surface area contributed by atoms with Crippen LogP contribution >= 0.6 is 0 Å². The molecule has 3 aromatic rings. The highest BCUT2D eigenvalue weighted by Gasteiger charge is 2.44. The molecule has 0 radical (unpaired) electrons. The minimum atomic E-state index is -1.17. The smallest absolute Gasteiger partial charge is 0.237 e. The van der Waals surface area contributed by atoms with E-state index in [-0.39, 0.29) is 12.2 Å². The summed E-state index contributed by atoms with van der Waals surface area (Å²) in [6.07, 6.45) is 1.65. The van der Waals surface area contributed by atoms with Crippen molar-refractivity contribution in [2.24, 2.45) is 5.92 Å². The fourth-order valence-electron chi connectivity index (χ4n) is 3.96. The number of hydrogen-bond acceptors (Lipinski definition) is 3. The third-order valence-corrected chi connectivity index (χ3v) is 5.60. The van der Waals surface area contributed by atoms with Gasteiger partial charge in [-0.1, -0.05) is 43.0 Å². The van der Waals surface area contributed by atoms with Gasteiger partial charge in [0.15, 0.2) is 11.6 Å². The zero-order valence-corrected chi connectivity index (χ0v) is 17.9. The number of hydrogen-bond donors (Lipinski definition) is 1. The molecule has 1 N–H and O–H groups in total. The Labute approximate surface area is 190 Å². The third-order valence-electron chi connectivity index (χ3n) is 5.60. The second-order valence-corrected chi connectivity index (χ2v) is 7.85. The van der Waals surface area contributed by atoms with E-state index in [4.69, 9.17) is 4.74 Å². The molecule has 0 aliphatic carbocycles. The van der Waals surface area contributed by atoms with Gasteiger partial charge in [0.2, 0.25) is 11.8 Å². The van der Waals surface area contributed by atoms with Gasteiger partial charge in [0.05, 0.1) is 5.69 Å². The molecule has 0 saturated carbocycles. The Morgan fingerprint density at radius 2 is 1.85 bits per heavy atom. The maximum absolute atomic E-state index is 14.1. The van der Waals surface area contributed by atoms with Gasteiger partial charge in [0.25, 0.3) is 0 Å². The first-order chi connectivity index (χ1) is 15.9. The van der Waals surface area contributed by atoms with Gasteiger partial charge < -0.3 is 15.0 Å². The first-order valence-electron chi connectivity index (χ1n) is 10.4. The van der Waals surface area contributed by atoms with Crippen LogP contribution in [0.1, 0.15) is 17.0 Å². The molecule has 2 amide bonds. The minimum absolute atomic E-state index is 0.286. The van der Waals surface area contributed by atoms with E-state index in [1.807, 2.05) is 36.4 Å². The lowest BCUT2D eigenvalue weighted by molar-refractivity contribution is -0.135. The number of nitrogens with zero attached hydrogens (tertiary/aromatic N) is 1. The summed E-state index contributed by atoms with van der Waals surface area (Å²) in [5, 5.41) is 2.37. The number of carbonyl (C=O) groups is 2. The average Bonchev–Trinajstić information content (AvgIpc) is 3.11. The molecule has 1 heterocycles. The number of carbonyl (C=O) groups excluding carboxylic acids is 2. The van der Waals surface area contributed by atoms with Crippen LogP contribution in [0, 0.1) is 17.6 Å². The normalized spacial score (nSPS) is 17.7. The van der Waals surface area contributed by atoms with E-state index in [0.29, 0.717) is 17.1 Å². The number of halogens is 2. The van der Waals surface area contributed by atoms with E-state index in [1.165, 1.54) is 17.0 Å². The van der Waals surface area contributed by atoms with Crippen molar-refractivity contribution in [1.29, 1.82) is 0 Å². The average molecular weight is 448 g/mol. The standard InChI is InChI=1S/C26H22F2N2O3/c1-3-16-12-17(14-19(13-16)33-18-8-5-4-6-9-18)20-15-30(2)26(32)23(20)25(31)29-22-11-7-10-21(27)24(22)28/h3-14,20,23H,1,15H2,2H3,(H,29,31)/t20-,23+/m0/s1. The molecule has 1 saturated heterocycles. The maximum atomic E-state index is 14.1. The van der Waals surface area contributed by atoms with E-state index < -0.39 is 35.3 Å². The number of anilines is 1. The Bertz CT molecular complexity index is 1210. The number of benzene rings is 3. The summed E-state index contributed by atoms with van der Waals surface area (Å²) in [4.78, 5) is 27.4. The summed E-state index contributed by atoms with van der Waals surface area (Å²) in [6, 6.07) is 18.1. The van der Waals surface area contributed by atoms with Crippen LogP contribution in [0.4, 0.5) is 14.5 Å². The SMILES string of the molecule is C=Cc1cc(Oc2ccccc2)cc([C@@H]2CN(C)C(=O)[C@H]2C(=O)Nc2cccc(F)c2F)c1. The minimum Gasteiger partial charge on any atom is -0.457 e. The molecule has 0 bridgehead atoms. The second kappa shape index (κ2) is 9.24. The highest BCUT2D eigenvalue weighted by molar-refractivity contribution is 6.08. The molecule has 33 heavy (non-hydrogen) atoms. The monoisotopic (exact) mass is 448 g/mol. The molecule has 1 aliphatic heterocycles. The summed E-state index contributed by atoms with van der Waals surface area (Å²) in [6.45, 7) is 4.10. The third kappa shape index (κ3) is 4.62. The first-order valence-corrected chi connectivity index (χ1v) is 10.4. The van der Waals surface area contributed by atoms with Crippen molar-refractivity contribution < 1.29 is 23.1 Å². The number of nitrogens with one attached hydrogen (secondary N) is 1. The van der Waals surface area contributed by atoms with Crippen LogP contribution in [-0.2, 0) is 9.59 Å². The van der Waals surface area contributed by atoms with Crippen molar-refractivity contribution in [2.75, 3.05) is 18.9 Å². The van der Waals surface area contributed by atoms with Crippen LogP contribution in [0.5, 0.6) is 11.5 Å². The molecule has 0 spiro atoms. The molecule has 1 fully saturated rings. The van der Waals surface area contributed by atoms with Crippen molar-refractivity contribution in [1.82, 2.24) is 4.90 Å². The van der Waals surface area contributed by atoms with Gasteiger partial charge >= 0.3 is 0 Å². The van der Waals surface area contributed by atoms with Gasteiger partial charge in [-0.15, -0.1) is 0 Å². The van der Waals surface area contributed by atoms with Gasteiger partial charge in [-0.3, -0.25) is 9.59 Å². The van der Waals surface area contributed by atoms with E-state index in [9.17, 15) is 18.4 Å². The summed E-state index contributed by atoms with van der Waals surface area (Å²) < 4.78 is 33.6. The molecular formula is C26H22F2N2O3. The van der Waals surface area contributed by atoms with Gasteiger partial charge in [0.1, 0.15) is 17.4 Å². The van der Waals surface area contributed by atoms with Crippen LogP contribution in [0.3, 0.4) is 0 Å². The summed E-state index contributed by atoms with van der Waals surface area (Å²) >= 11 is 0. The molecule has 1 aliphatic rings. The van der Waals surface area contributed by atoms with Crippen molar-refractivity contribution in [3.63, 3.8) is 0 Å². The molecule has 7 heteroatoms. The predicted molar refractivity (Wildman–Crippen MR) is 122 cm³/mol. The highest BCUT2D eigenvalue weighted by Crippen LogP contribution is 2.37. The van der Waals surface area contributed by atoms with E-state index in [1.54, 1.807) is 25.3 Å². The quantitative estimate of drug-likeness (QED) is 0.527. The highest BCUT2D eigenvalue weighted by atomic mass is 19.2. The lowest BCUT2D eigenvalue weighted by Gasteiger charge is -2.19. The molecule has 5 nitrogen and oxygen atoms in total. The maximum Gasteiger partial charge on any atom is 0.237 e. The zero-order valence-electron chi connectivity index (χ0n) is 17.9. The van der Waals surface area contributed by atoms with E-state index in [2.05, 4.69) is 11.9 Å². The fourth-order valence-corrected chi connectivity index (χ4v) is 3.96. The molecule has 2 atom stereocenters. The molecule has 3 aromatic carbocycles. The van der Waals surface area contributed by atoms with E-state index >= 15 is 0 Å².